The van der Waals surface area contributed by atoms with E-state index in [-0.39, 0.29) is 17.0 Å². The van der Waals surface area contributed by atoms with Crippen molar-refractivity contribution < 1.29 is 21.5 Å². The molecular formula is C26H25BrN2S2. The number of hydrogen-bond acceptors (Lipinski definition) is 3. The van der Waals surface area contributed by atoms with E-state index in [1.807, 2.05) is 6.08 Å². The zero-order valence-corrected chi connectivity index (χ0v) is 20.9. The lowest BCUT2D eigenvalue weighted by Crippen LogP contribution is -3.00. The first-order valence-corrected chi connectivity index (χ1v) is 11.9. The molecule has 0 radical (unpaired) electrons. The van der Waals surface area contributed by atoms with Crippen LogP contribution >= 0.6 is 23.1 Å². The highest BCUT2D eigenvalue weighted by Gasteiger charge is 2.25. The molecule has 0 amide bonds. The fraction of sp³-hybridized carbons (Fsp3) is 0.115. The number of thiazole rings is 1. The largest absolute Gasteiger partial charge is 1.00 e. The average molecular weight is 510 g/mol. The fourth-order valence-electron chi connectivity index (χ4n) is 3.40. The summed E-state index contributed by atoms with van der Waals surface area (Å²) < 4.78 is 2.33. The van der Waals surface area contributed by atoms with Gasteiger partial charge in [0.05, 0.1) is 4.88 Å². The van der Waals surface area contributed by atoms with Gasteiger partial charge in [-0.15, -0.1) is 11.8 Å². The molecule has 1 heterocycles. The zero-order valence-electron chi connectivity index (χ0n) is 17.6. The molecular weight excluding hydrogens is 484 g/mol. The molecule has 5 heteroatoms. The highest BCUT2D eigenvalue weighted by atomic mass is 79.9. The second-order valence-corrected chi connectivity index (χ2v) is 8.95. The van der Waals surface area contributed by atoms with Crippen LogP contribution in [0.15, 0.2) is 96.4 Å². The van der Waals surface area contributed by atoms with Gasteiger partial charge in [-0.05, 0) is 66.5 Å². The van der Waals surface area contributed by atoms with Crippen molar-refractivity contribution in [2.24, 2.45) is 0 Å². The van der Waals surface area contributed by atoms with Gasteiger partial charge in [0.1, 0.15) is 12.2 Å². The monoisotopic (exact) mass is 508 g/mol. The molecule has 2 nitrogen and oxygen atoms in total. The van der Waals surface area contributed by atoms with Gasteiger partial charge in [0.25, 0.3) is 0 Å². The Morgan fingerprint density at radius 2 is 1.61 bits per heavy atom. The molecule has 0 saturated heterocycles. The number of thioether (sulfide) groups is 1. The predicted molar refractivity (Wildman–Crippen MR) is 132 cm³/mol. The van der Waals surface area contributed by atoms with Crippen molar-refractivity contribution >= 4 is 33.9 Å². The number of nitrogens with one attached hydrogen (secondary N) is 1. The maximum atomic E-state index is 4.01. The van der Waals surface area contributed by atoms with Gasteiger partial charge in [-0.25, -0.2) is 9.88 Å². The Kier molecular flexibility index (Phi) is 8.13. The maximum absolute atomic E-state index is 4.01. The Bertz CT molecular complexity index is 1130. The molecule has 0 fully saturated rings. The van der Waals surface area contributed by atoms with Crippen molar-refractivity contribution in [2.45, 2.75) is 18.4 Å². The summed E-state index contributed by atoms with van der Waals surface area (Å²) in [7, 11) is 0. The van der Waals surface area contributed by atoms with E-state index in [4.69, 9.17) is 0 Å². The lowest BCUT2D eigenvalue weighted by Gasteiger charge is -2.07. The number of aromatic nitrogens is 1. The van der Waals surface area contributed by atoms with Gasteiger partial charge in [0, 0.05) is 10.5 Å². The van der Waals surface area contributed by atoms with Crippen LogP contribution in [-0.4, -0.2) is 6.26 Å². The Morgan fingerprint density at radius 3 is 2.23 bits per heavy atom. The minimum Gasteiger partial charge on any atom is -1.00 e. The summed E-state index contributed by atoms with van der Waals surface area (Å²) in [4.78, 5) is 2.52. The second kappa shape index (κ2) is 10.8. The van der Waals surface area contributed by atoms with Crippen LogP contribution in [0, 0.1) is 6.92 Å². The molecule has 0 unspecified atom stereocenters. The van der Waals surface area contributed by atoms with Crippen LogP contribution in [0.5, 0.6) is 0 Å². The van der Waals surface area contributed by atoms with Gasteiger partial charge in [-0.1, -0.05) is 60.7 Å². The van der Waals surface area contributed by atoms with Gasteiger partial charge in [-0.3, -0.25) is 0 Å². The number of benzene rings is 3. The van der Waals surface area contributed by atoms with Crippen LogP contribution in [0.3, 0.4) is 0 Å². The third-order valence-corrected chi connectivity index (χ3v) is 6.84. The van der Waals surface area contributed by atoms with Crippen molar-refractivity contribution in [2.75, 3.05) is 11.6 Å². The average Bonchev–Trinajstić information content (AvgIpc) is 3.14. The number of halogens is 1. The van der Waals surface area contributed by atoms with Gasteiger partial charge in [0.2, 0.25) is 0 Å². The minimum absolute atomic E-state index is 0. The Morgan fingerprint density at radius 1 is 0.935 bits per heavy atom. The van der Waals surface area contributed by atoms with Crippen molar-refractivity contribution in [3.8, 4) is 21.7 Å². The van der Waals surface area contributed by atoms with Crippen LogP contribution in [0.1, 0.15) is 5.56 Å². The molecule has 1 aromatic heterocycles. The SMILES string of the molecule is C=CC[n+]1c(Nc2ccc(C)cc2)sc(-c2ccccc2)c1-c1ccc(SC)cc1.[Br-]. The highest BCUT2D eigenvalue weighted by molar-refractivity contribution is 7.98. The molecule has 0 aliphatic heterocycles. The summed E-state index contributed by atoms with van der Waals surface area (Å²) in [6, 6.07) is 28.0. The number of aryl methyl sites for hydroxylation is 1. The maximum Gasteiger partial charge on any atom is 0.340 e. The zero-order chi connectivity index (χ0) is 20.9. The molecule has 3 aromatic carbocycles. The molecule has 158 valence electrons. The van der Waals surface area contributed by atoms with E-state index in [2.05, 4.69) is 109 Å². The minimum atomic E-state index is 0. The molecule has 0 bridgehead atoms. The van der Waals surface area contributed by atoms with Crippen LogP contribution in [0.2, 0.25) is 0 Å². The standard InChI is InChI=1S/C26H24N2S2.BrH/c1-4-18-28-24(20-12-16-23(29-3)17-13-20)25(21-8-6-5-7-9-21)30-26(28)27-22-14-10-19(2)11-15-22;/h4-17H,1,18H2,2-3H3;1H. The van der Waals surface area contributed by atoms with Gasteiger partial charge < -0.3 is 17.0 Å². The first-order chi connectivity index (χ1) is 14.7. The number of hydrogen-bond donors (Lipinski definition) is 1. The second-order valence-electron chi connectivity index (χ2n) is 7.07. The Hall–Kier alpha value is -2.34. The van der Waals surface area contributed by atoms with Gasteiger partial charge in [-0.2, -0.15) is 0 Å². The topological polar surface area (TPSA) is 15.9 Å². The van der Waals surface area contributed by atoms with E-state index >= 15 is 0 Å². The third-order valence-electron chi connectivity index (χ3n) is 4.94. The van der Waals surface area contributed by atoms with Crippen molar-refractivity contribution in [3.63, 3.8) is 0 Å². The lowest BCUT2D eigenvalue weighted by atomic mass is 10.1. The molecule has 4 aromatic rings. The van der Waals surface area contributed by atoms with E-state index in [1.54, 1.807) is 23.1 Å². The van der Waals surface area contributed by atoms with E-state index in [0.29, 0.717) is 0 Å². The van der Waals surface area contributed by atoms with Crippen molar-refractivity contribution in [1.29, 1.82) is 0 Å². The molecule has 0 aliphatic carbocycles. The Labute approximate surface area is 203 Å². The van der Waals surface area contributed by atoms with Crippen LogP contribution in [-0.2, 0) is 6.54 Å². The predicted octanol–water partition coefficient (Wildman–Crippen LogP) is 4.33. The van der Waals surface area contributed by atoms with E-state index in [1.165, 1.54) is 32.2 Å². The number of anilines is 2. The smallest absolute Gasteiger partial charge is 0.340 e. The summed E-state index contributed by atoms with van der Waals surface area (Å²) >= 11 is 3.54. The summed E-state index contributed by atoms with van der Waals surface area (Å²) in [5.41, 5.74) is 5.99. The first-order valence-electron chi connectivity index (χ1n) is 9.90. The molecule has 0 saturated carbocycles. The van der Waals surface area contributed by atoms with E-state index < -0.39 is 0 Å². The molecule has 31 heavy (non-hydrogen) atoms. The normalized spacial score (nSPS) is 10.4. The Balaban J connectivity index is 0.00000272. The molecule has 0 atom stereocenters. The van der Waals surface area contributed by atoms with Crippen LogP contribution < -0.4 is 26.9 Å². The highest BCUT2D eigenvalue weighted by Crippen LogP contribution is 2.39. The van der Waals surface area contributed by atoms with Crippen LogP contribution in [0.4, 0.5) is 10.8 Å². The molecule has 0 spiro atoms. The van der Waals surface area contributed by atoms with Gasteiger partial charge >= 0.3 is 5.13 Å². The van der Waals surface area contributed by atoms with Crippen molar-refractivity contribution in [3.05, 3.63) is 97.1 Å². The molecule has 0 aliphatic rings. The quantitative estimate of drug-likeness (QED) is 0.227. The van der Waals surface area contributed by atoms with Gasteiger partial charge in [0.15, 0.2) is 5.69 Å². The van der Waals surface area contributed by atoms with E-state index in [0.717, 1.165) is 17.4 Å². The molecule has 4 rings (SSSR count). The lowest BCUT2D eigenvalue weighted by molar-refractivity contribution is -0.657. The first kappa shape index (κ1) is 23.3. The third kappa shape index (κ3) is 5.29. The summed E-state index contributed by atoms with van der Waals surface area (Å²) in [6.07, 6.45) is 4.07. The van der Waals surface area contributed by atoms with E-state index in [9.17, 15) is 0 Å². The summed E-state index contributed by atoms with van der Waals surface area (Å²) in [6.45, 7) is 6.85. The number of rotatable bonds is 7. The molecule has 1 N–H and O–H groups in total. The number of allylic oxidation sites excluding steroid dienone is 1. The number of nitrogens with zero attached hydrogens (tertiary/aromatic N) is 1. The van der Waals surface area contributed by atoms with Crippen LogP contribution in [0.25, 0.3) is 21.7 Å². The van der Waals surface area contributed by atoms with Crippen molar-refractivity contribution in [1.82, 2.24) is 0 Å². The fourth-order valence-corrected chi connectivity index (χ4v) is 5.03. The summed E-state index contributed by atoms with van der Waals surface area (Å²) in [5.74, 6) is 0. The summed E-state index contributed by atoms with van der Waals surface area (Å²) in [5, 5.41) is 4.74.